The zero-order valence-corrected chi connectivity index (χ0v) is 20.0. The van der Waals surface area contributed by atoms with E-state index in [-0.39, 0.29) is 46.3 Å². The highest BCUT2D eigenvalue weighted by Crippen LogP contribution is 2.41. The van der Waals surface area contributed by atoms with Crippen LogP contribution in [0, 0.1) is 17.5 Å². The zero-order chi connectivity index (χ0) is 24.7. The molecule has 2 heterocycles. The first-order valence-corrected chi connectivity index (χ1v) is 11.6. The van der Waals surface area contributed by atoms with Gasteiger partial charge in [-0.25, -0.2) is 4.79 Å². The molecule has 1 aliphatic carbocycles. The third-order valence-corrected chi connectivity index (χ3v) is 6.71. The van der Waals surface area contributed by atoms with Crippen LogP contribution in [0.1, 0.15) is 36.1 Å². The molecule has 178 valence electrons. The number of hydrogen-bond acceptors (Lipinski definition) is 7. The molecule has 1 amide bonds. The Morgan fingerprint density at radius 1 is 1.29 bits per heavy atom. The van der Waals surface area contributed by atoms with Crippen molar-refractivity contribution in [2.24, 2.45) is 0 Å². The lowest BCUT2D eigenvalue weighted by molar-refractivity contribution is -0.140. The Morgan fingerprint density at radius 3 is 2.68 bits per heavy atom. The van der Waals surface area contributed by atoms with Gasteiger partial charge in [-0.05, 0) is 37.3 Å². The summed E-state index contributed by atoms with van der Waals surface area (Å²) < 4.78 is 24.9. The number of nitrogens with zero attached hydrogens (tertiary/aromatic N) is 2. The molecule has 0 saturated heterocycles. The number of pyridine rings is 1. The van der Waals surface area contributed by atoms with Crippen molar-refractivity contribution in [2.75, 3.05) is 18.6 Å². The molecule has 0 fully saturated rings. The molecule has 0 aromatic carbocycles. The van der Waals surface area contributed by atoms with Crippen LogP contribution in [0.5, 0.6) is 0 Å². The molecule has 0 aliphatic heterocycles. The van der Waals surface area contributed by atoms with Gasteiger partial charge < -0.3 is 9.47 Å². The Hall–Kier alpha value is -3.22. The zero-order valence-electron chi connectivity index (χ0n) is 18.4. The van der Waals surface area contributed by atoms with Crippen molar-refractivity contribution in [3.8, 4) is 12.3 Å². The van der Waals surface area contributed by atoms with Crippen molar-refractivity contribution >= 4 is 46.5 Å². The predicted molar refractivity (Wildman–Crippen MR) is 126 cm³/mol. The molecule has 34 heavy (non-hydrogen) atoms. The minimum absolute atomic E-state index is 0.0477. The van der Waals surface area contributed by atoms with Crippen LogP contribution in [-0.4, -0.2) is 36.5 Å². The number of rotatable bonds is 8. The maximum atomic E-state index is 15.2. The summed E-state index contributed by atoms with van der Waals surface area (Å²) in [5.41, 5.74) is 0.923. The normalized spacial score (nSPS) is 13.2. The molecular formula is C24H22ClFN2O5S. The molecule has 0 saturated carbocycles. The fourth-order valence-corrected chi connectivity index (χ4v) is 4.94. The van der Waals surface area contributed by atoms with Crippen molar-refractivity contribution in [2.45, 2.75) is 38.6 Å². The Labute approximate surface area is 205 Å². The van der Waals surface area contributed by atoms with Gasteiger partial charge in [-0.3, -0.25) is 19.5 Å². The second-order valence-electron chi connectivity index (χ2n) is 7.41. The largest absolute Gasteiger partial charge is 0.469 e. The van der Waals surface area contributed by atoms with Crippen LogP contribution >= 0.6 is 22.9 Å². The van der Waals surface area contributed by atoms with E-state index in [1.54, 1.807) is 24.5 Å². The van der Waals surface area contributed by atoms with Gasteiger partial charge in [-0.2, -0.15) is 4.39 Å². The SMILES string of the molecule is C#CCOC(=O)C1=C(C(=O)N(Cc2cccnc2)c2c(F)sc(CC(=O)OC)c2Cl)CCCC1. The van der Waals surface area contributed by atoms with Crippen molar-refractivity contribution in [1.29, 1.82) is 0 Å². The first-order chi connectivity index (χ1) is 16.4. The van der Waals surface area contributed by atoms with Gasteiger partial charge in [0, 0.05) is 28.4 Å². The van der Waals surface area contributed by atoms with Crippen molar-refractivity contribution in [1.82, 2.24) is 4.98 Å². The Morgan fingerprint density at radius 2 is 2.03 bits per heavy atom. The van der Waals surface area contributed by atoms with E-state index in [2.05, 4.69) is 15.6 Å². The molecule has 0 spiro atoms. The van der Waals surface area contributed by atoms with Crippen LogP contribution in [0.3, 0.4) is 0 Å². The minimum atomic E-state index is -0.728. The molecule has 3 rings (SSSR count). The Balaban J connectivity index is 2.07. The lowest BCUT2D eigenvalue weighted by atomic mass is 9.90. The Bertz CT molecular complexity index is 1160. The number of amides is 1. The standard InChI is InChI=1S/C24H22ClFN2O5S/c1-3-11-33-24(31)17-9-5-4-8-16(17)23(30)28(14-15-7-6-10-27-13-15)21-20(25)18(34-22(21)26)12-19(29)32-2/h1,6-7,10,13H,4-5,8-9,11-12,14H2,2H3. The van der Waals surface area contributed by atoms with Crippen molar-refractivity contribution in [3.63, 3.8) is 0 Å². The number of thiophene rings is 1. The monoisotopic (exact) mass is 504 g/mol. The maximum Gasteiger partial charge on any atom is 0.335 e. The van der Waals surface area contributed by atoms with Crippen molar-refractivity contribution < 1.29 is 28.2 Å². The molecule has 1 aliphatic rings. The van der Waals surface area contributed by atoms with Crippen LogP contribution in [0.15, 0.2) is 35.7 Å². The average Bonchev–Trinajstić information content (AvgIpc) is 3.13. The summed E-state index contributed by atoms with van der Waals surface area (Å²) in [6.07, 6.45) is 10.1. The number of hydrogen-bond donors (Lipinski definition) is 0. The number of aromatic nitrogens is 1. The molecule has 2 aromatic heterocycles. The predicted octanol–water partition coefficient (Wildman–Crippen LogP) is 4.23. The summed E-state index contributed by atoms with van der Waals surface area (Å²) >= 11 is 7.13. The van der Waals surface area contributed by atoms with Gasteiger partial charge >= 0.3 is 11.9 Å². The van der Waals surface area contributed by atoms with Crippen LogP contribution in [0.4, 0.5) is 10.1 Å². The number of anilines is 1. The quantitative estimate of drug-likeness (QED) is 0.395. The van der Waals surface area contributed by atoms with Gasteiger partial charge in [0.25, 0.3) is 5.91 Å². The van der Waals surface area contributed by atoms with Crippen LogP contribution < -0.4 is 4.90 Å². The molecule has 0 radical (unpaired) electrons. The van der Waals surface area contributed by atoms with Crippen LogP contribution in [0.2, 0.25) is 5.02 Å². The number of esters is 2. The van der Waals surface area contributed by atoms with E-state index in [0.717, 1.165) is 0 Å². The van der Waals surface area contributed by atoms with E-state index in [9.17, 15) is 14.4 Å². The lowest BCUT2D eigenvalue weighted by Gasteiger charge is -2.27. The molecule has 0 unspecified atom stereocenters. The fourth-order valence-electron chi connectivity index (χ4n) is 3.61. The average molecular weight is 505 g/mol. The summed E-state index contributed by atoms with van der Waals surface area (Å²) in [5, 5.41) is -0.785. The summed E-state index contributed by atoms with van der Waals surface area (Å²) in [4.78, 5) is 43.6. The molecule has 10 heteroatoms. The number of ether oxygens (including phenoxy) is 2. The highest BCUT2D eigenvalue weighted by atomic mass is 35.5. The third-order valence-electron chi connectivity index (χ3n) is 5.22. The number of carbonyl (C=O) groups is 3. The lowest BCUT2D eigenvalue weighted by Crippen LogP contribution is -2.34. The second-order valence-corrected chi connectivity index (χ2v) is 8.84. The molecule has 0 bridgehead atoms. The van der Waals surface area contributed by atoms with Gasteiger partial charge in [-0.1, -0.05) is 23.6 Å². The van der Waals surface area contributed by atoms with E-state index >= 15 is 4.39 Å². The van der Waals surface area contributed by atoms with Gasteiger partial charge in [0.1, 0.15) is 5.69 Å². The first kappa shape index (κ1) is 25.4. The smallest absolute Gasteiger partial charge is 0.335 e. The molecule has 2 aromatic rings. The molecule has 0 N–H and O–H groups in total. The van der Waals surface area contributed by atoms with E-state index in [4.69, 9.17) is 22.8 Å². The van der Waals surface area contributed by atoms with Crippen LogP contribution in [0.25, 0.3) is 0 Å². The third kappa shape index (κ3) is 5.82. The summed E-state index contributed by atoms with van der Waals surface area (Å²) in [6, 6.07) is 3.42. The first-order valence-electron chi connectivity index (χ1n) is 10.4. The van der Waals surface area contributed by atoms with Crippen LogP contribution in [-0.2, 0) is 36.8 Å². The minimum Gasteiger partial charge on any atom is -0.469 e. The highest BCUT2D eigenvalue weighted by Gasteiger charge is 2.33. The summed E-state index contributed by atoms with van der Waals surface area (Å²) in [6.45, 7) is -0.265. The van der Waals surface area contributed by atoms with Gasteiger partial charge in [0.2, 0.25) is 5.13 Å². The van der Waals surface area contributed by atoms with E-state index in [1.807, 2.05) is 0 Å². The number of halogens is 2. The highest BCUT2D eigenvalue weighted by molar-refractivity contribution is 7.11. The topological polar surface area (TPSA) is 85.8 Å². The van der Waals surface area contributed by atoms with E-state index in [1.165, 1.54) is 12.0 Å². The molecule has 0 atom stereocenters. The van der Waals surface area contributed by atoms with Gasteiger partial charge in [-0.15, -0.1) is 17.8 Å². The van der Waals surface area contributed by atoms with Gasteiger partial charge in [0.15, 0.2) is 6.61 Å². The molecule has 7 nitrogen and oxygen atoms in total. The van der Waals surface area contributed by atoms with E-state index in [0.29, 0.717) is 42.6 Å². The summed E-state index contributed by atoms with van der Waals surface area (Å²) in [5.74, 6) is 0.409. The van der Waals surface area contributed by atoms with Crippen molar-refractivity contribution in [3.05, 3.63) is 56.3 Å². The summed E-state index contributed by atoms with van der Waals surface area (Å²) in [7, 11) is 1.22. The number of terminal acetylenes is 1. The van der Waals surface area contributed by atoms with Gasteiger partial charge in [0.05, 0.1) is 25.1 Å². The number of carbonyl (C=O) groups excluding carboxylic acids is 3. The fraction of sp³-hybridized carbons (Fsp3) is 0.333. The Kier molecular flexibility index (Phi) is 8.79. The second kappa shape index (κ2) is 11.8. The van der Waals surface area contributed by atoms with E-state index < -0.39 is 23.0 Å². The maximum absolute atomic E-state index is 15.2. The molecular weight excluding hydrogens is 483 g/mol. The number of methoxy groups -OCH3 is 1.